The monoisotopic (exact) mass is 317 g/mol. The molecule has 0 radical (unpaired) electrons. The van der Waals surface area contributed by atoms with Crippen molar-refractivity contribution in [1.29, 1.82) is 0 Å². The minimum atomic E-state index is -3.49. The summed E-state index contributed by atoms with van der Waals surface area (Å²) < 4.78 is 24.2. The lowest BCUT2D eigenvalue weighted by Crippen LogP contribution is -2.24. The molecule has 4 nitrogen and oxygen atoms in total. The molecule has 0 aromatic heterocycles. The summed E-state index contributed by atoms with van der Waals surface area (Å²) in [6.07, 6.45) is 0. The number of hydrogen-bond donors (Lipinski definition) is 1. The van der Waals surface area contributed by atoms with Gasteiger partial charge in [0.2, 0.25) is 5.91 Å². The Morgan fingerprint density at radius 3 is 2.36 bits per heavy atom. The second-order valence-corrected chi connectivity index (χ2v) is 7.38. The van der Waals surface area contributed by atoms with E-state index in [1.54, 1.807) is 30.3 Å². The molecule has 0 spiro atoms. The summed E-state index contributed by atoms with van der Waals surface area (Å²) in [5.41, 5.74) is 3.32. The fourth-order valence-electron chi connectivity index (χ4n) is 2.15. The first kappa shape index (κ1) is 16.2. The lowest BCUT2D eigenvalue weighted by atomic mass is 10.1. The van der Waals surface area contributed by atoms with Crippen molar-refractivity contribution in [3.8, 4) is 0 Å². The van der Waals surface area contributed by atoms with E-state index < -0.39 is 21.5 Å². The van der Waals surface area contributed by atoms with Gasteiger partial charge in [-0.05, 0) is 36.6 Å². The average molecular weight is 317 g/mol. The SMILES string of the molecule is Cc1cccc(NC(=O)CS(=O)(=O)Cc2ccccc2)c1C. The van der Waals surface area contributed by atoms with Gasteiger partial charge in [-0.25, -0.2) is 8.42 Å². The van der Waals surface area contributed by atoms with Crippen LogP contribution in [-0.2, 0) is 20.4 Å². The number of amides is 1. The van der Waals surface area contributed by atoms with Gasteiger partial charge in [0.15, 0.2) is 9.84 Å². The molecule has 116 valence electrons. The van der Waals surface area contributed by atoms with Gasteiger partial charge in [0.05, 0.1) is 5.75 Å². The van der Waals surface area contributed by atoms with Crippen molar-refractivity contribution in [2.45, 2.75) is 19.6 Å². The molecule has 0 aliphatic rings. The van der Waals surface area contributed by atoms with Gasteiger partial charge in [-0.1, -0.05) is 42.5 Å². The molecule has 0 aliphatic heterocycles. The Bertz CT molecular complexity index is 768. The molecule has 5 heteroatoms. The predicted octanol–water partition coefficient (Wildman–Crippen LogP) is 2.86. The molecule has 0 saturated carbocycles. The van der Waals surface area contributed by atoms with Crippen LogP contribution in [0.25, 0.3) is 0 Å². The number of hydrogen-bond acceptors (Lipinski definition) is 3. The molecule has 0 heterocycles. The predicted molar refractivity (Wildman–Crippen MR) is 88.5 cm³/mol. The maximum Gasteiger partial charge on any atom is 0.239 e. The molecule has 0 atom stereocenters. The Balaban J connectivity index is 2.03. The number of nitrogens with one attached hydrogen (secondary N) is 1. The Morgan fingerprint density at radius 2 is 1.68 bits per heavy atom. The highest BCUT2D eigenvalue weighted by Gasteiger charge is 2.18. The standard InChI is InChI=1S/C17H19NO3S/c1-13-7-6-10-16(14(13)2)18-17(19)12-22(20,21)11-15-8-4-3-5-9-15/h3-10H,11-12H2,1-2H3,(H,18,19). The van der Waals surface area contributed by atoms with E-state index in [-0.39, 0.29) is 5.75 Å². The van der Waals surface area contributed by atoms with Gasteiger partial charge < -0.3 is 5.32 Å². The fourth-order valence-corrected chi connectivity index (χ4v) is 3.43. The van der Waals surface area contributed by atoms with Crippen molar-refractivity contribution in [1.82, 2.24) is 0 Å². The maximum atomic E-state index is 12.1. The van der Waals surface area contributed by atoms with Crippen LogP contribution in [0.1, 0.15) is 16.7 Å². The van der Waals surface area contributed by atoms with E-state index in [4.69, 9.17) is 0 Å². The first-order chi connectivity index (χ1) is 10.4. The van der Waals surface area contributed by atoms with E-state index in [0.29, 0.717) is 11.3 Å². The highest BCUT2D eigenvalue weighted by Crippen LogP contribution is 2.18. The van der Waals surface area contributed by atoms with Crippen molar-refractivity contribution >= 4 is 21.4 Å². The van der Waals surface area contributed by atoms with Crippen LogP contribution >= 0.6 is 0 Å². The fraction of sp³-hybridized carbons (Fsp3) is 0.235. The largest absolute Gasteiger partial charge is 0.325 e. The van der Waals surface area contributed by atoms with Gasteiger partial charge in [0.25, 0.3) is 0 Å². The minimum Gasteiger partial charge on any atom is -0.325 e. The third kappa shape index (κ3) is 4.43. The zero-order valence-corrected chi connectivity index (χ0v) is 13.5. The molecule has 1 amide bonds. The van der Waals surface area contributed by atoms with Gasteiger partial charge in [-0.15, -0.1) is 0 Å². The van der Waals surface area contributed by atoms with Crippen LogP contribution < -0.4 is 5.32 Å². The summed E-state index contributed by atoms with van der Waals surface area (Å²) in [4.78, 5) is 12.0. The van der Waals surface area contributed by atoms with Gasteiger partial charge in [0, 0.05) is 5.69 Å². The van der Waals surface area contributed by atoms with E-state index in [2.05, 4.69) is 5.32 Å². The topological polar surface area (TPSA) is 63.2 Å². The van der Waals surface area contributed by atoms with Crippen molar-refractivity contribution < 1.29 is 13.2 Å². The number of sulfone groups is 1. The normalized spacial score (nSPS) is 11.2. The van der Waals surface area contributed by atoms with Crippen LogP contribution in [0.3, 0.4) is 0 Å². The van der Waals surface area contributed by atoms with Crippen LogP contribution in [0.4, 0.5) is 5.69 Å². The van der Waals surface area contributed by atoms with Crippen molar-refractivity contribution in [2.75, 3.05) is 11.1 Å². The molecule has 2 aromatic rings. The van der Waals surface area contributed by atoms with Gasteiger partial charge in [-0.3, -0.25) is 4.79 Å². The average Bonchev–Trinajstić information content (AvgIpc) is 2.43. The summed E-state index contributed by atoms with van der Waals surface area (Å²) in [6.45, 7) is 3.83. The van der Waals surface area contributed by atoms with Gasteiger partial charge in [0.1, 0.15) is 5.75 Å². The lowest BCUT2D eigenvalue weighted by molar-refractivity contribution is -0.113. The molecular formula is C17H19NO3S. The number of carbonyl (C=O) groups is 1. The minimum absolute atomic E-state index is 0.131. The Hall–Kier alpha value is -2.14. The van der Waals surface area contributed by atoms with E-state index in [9.17, 15) is 13.2 Å². The smallest absolute Gasteiger partial charge is 0.239 e. The van der Waals surface area contributed by atoms with E-state index in [0.717, 1.165) is 11.1 Å². The first-order valence-electron chi connectivity index (χ1n) is 6.98. The second-order valence-electron chi connectivity index (χ2n) is 5.31. The third-order valence-electron chi connectivity index (χ3n) is 3.46. The number of benzene rings is 2. The van der Waals surface area contributed by atoms with E-state index >= 15 is 0 Å². The molecule has 2 rings (SSSR count). The number of anilines is 1. The molecule has 0 unspecified atom stereocenters. The van der Waals surface area contributed by atoms with Crippen LogP contribution in [0.15, 0.2) is 48.5 Å². The van der Waals surface area contributed by atoms with Crippen molar-refractivity contribution in [3.05, 3.63) is 65.2 Å². The lowest BCUT2D eigenvalue weighted by Gasteiger charge is -2.10. The Kier molecular flexibility index (Phi) is 4.98. The van der Waals surface area contributed by atoms with Crippen LogP contribution in [-0.4, -0.2) is 20.1 Å². The Labute approximate surface area is 131 Å². The molecule has 0 saturated heterocycles. The summed E-state index contributed by atoms with van der Waals surface area (Å²) in [5.74, 6) is -1.16. The van der Waals surface area contributed by atoms with Crippen molar-refractivity contribution in [2.24, 2.45) is 0 Å². The quantitative estimate of drug-likeness (QED) is 0.922. The van der Waals surface area contributed by atoms with Gasteiger partial charge in [-0.2, -0.15) is 0 Å². The summed E-state index contributed by atoms with van der Waals surface area (Å²) in [6, 6.07) is 14.4. The molecule has 0 aliphatic carbocycles. The number of aryl methyl sites for hydroxylation is 1. The summed E-state index contributed by atoms with van der Waals surface area (Å²) in [7, 11) is -3.49. The van der Waals surface area contributed by atoms with E-state index in [1.165, 1.54) is 0 Å². The van der Waals surface area contributed by atoms with Gasteiger partial charge >= 0.3 is 0 Å². The number of rotatable bonds is 5. The highest BCUT2D eigenvalue weighted by atomic mass is 32.2. The summed E-state index contributed by atoms with van der Waals surface area (Å²) in [5, 5.41) is 2.67. The third-order valence-corrected chi connectivity index (χ3v) is 4.93. The number of carbonyl (C=O) groups excluding carboxylic acids is 1. The Morgan fingerprint density at radius 1 is 1.00 bits per heavy atom. The van der Waals surface area contributed by atoms with Crippen LogP contribution in [0.5, 0.6) is 0 Å². The van der Waals surface area contributed by atoms with E-state index in [1.807, 2.05) is 32.0 Å². The molecule has 22 heavy (non-hydrogen) atoms. The molecule has 2 aromatic carbocycles. The zero-order valence-electron chi connectivity index (χ0n) is 12.7. The molecule has 1 N–H and O–H groups in total. The second kappa shape index (κ2) is 6.75. The van der Waals surface area contributed by atoms with Crippen LogP contribution in [0, 0.1) is 13.8 Å². The molecule has 0 bridgehead atoms. The maximum absolute atomic E-state index is 12.1. The summed E-state index contributed by atoms with van der Waals surface area (Å²) >= 11 is 0. The zero-order chi connectivity index (χ0) is 16.2. The molecular weight excluding hydrogens is 298 g/mol. The first-order valence-corrected chi connectivity index (χ1v) is 8.80. The highest BCUT2D eigenvalue weighted by molar-refractivity contribution is 7.91. The van der Waals surface area contributed by atoms with Crippen LogP contribution in [0.2, 0.25) is 0 Å². The molecule has 0 fully saturated rings. The van der Waals surface area contributed by atoms with Crippen molar-refractivity contribution in [3.63, 3.8) is 0 Å².